The van der Waals surface area contributed by atoms with Gasteiger partial charge < -0.3 is 10.4 Å². The van der Waals surface area contributed by atoms with Gasteiger partial charge in [0, 0.05) is 18.0 Å². The molecule has 0 aliphatic heterocycles. The summed E-state index contributed by atoms with van der Waals surface area (Å²) in [7, 11) is 0. The van der Waals surface area contributed by atoms with Crippen LogP contribution in [0, 0.1) is 5.82 Å². The third-order valence-electron chi connectivity index (χ3n) is 2.32. The molecule has 1 aromatic rings. The Hall–Kier alpha value is -1.07. The molecule has 0 radical (unpaired) electrons. The predicted octanol–water partition coefficient (Wildman–Crippen LogP) is 2.01. The summed E-state index contributed by atoms with van der Waals surface area (Å²) < 4.78 is 13.3. The number of hydrogen-bond donors (Lipinski definition) is 3. The van der Waals surface area contributed by atoms with E-state index in [2.05, 4.69) is 17.9 Å². The number of amides is 1. The Kier molecular flexibility index (Phi) is 6.00. The number of aliphatic hydroxyl groups excluding tert-OH is 1. The van der Waals surface area contributed by atoms with Crippen molar-refractivity contribution < 1.29 is 14.3 Å². The first-order chi connectivity index (χ1) is 8.15. The molecule has 0 atom stereocenters. The number of hydrogen-bond acceptors (Lipinski definition) is 3. The van der Waals surface area contributed by atoms with Gasteiger partial charge in [0.25, 0.3) is 5.91 Å². The van der Waals surface area contributed by atoms with Gasteiger partial charge in [-0.2, -0.15) is 0 Å². The van der Waals surface area contributed by atoms with Gasteiger partial charge in [-0.1, -0.05) is 0 Å². The Labute approximate surface area is 105 Å². The third kappa shape index (κ3) is 4.75. The molecule has 2 N–H and O–H groups in total. The van der Waals surface area contributed by atoms with Crippen LogP contribution in [0.2, 0.25) is 0 Å². The zero-order valence-corrected chi connectivity index (χ0v) is 10.3. The number of aliphatic hydroxyl groups is 1. The molecule has 0 aromatic heterocycles. The van der Waals surface area contributed by atoms with Gasteiger partial charge in [0.05, 0.1) is 5.56 Å². The number of thiol groups is 1. The molecule has 94 valence electrons. The molecule has 0 unspecified atom stereocenters. The van der Waals surface area contributed by atoms with Crippen LogP contribution in [0.1, 0.15) is 29.6 Å². The number of nitrogens with one attached hydrogen (secondary N) is 1. The molecule has 5 heteroatoms. The quantitative estimate of drug-likeness (QED) is 0.539. The summed E-state index contributed by atoms with van der Waals surface area (Å²) in [5.41, 5.74) is 0.0136. The average Bonchev–Trinajstić information content (AvgIpc) is 2.32. The molecular formula is C12H16FNO2S. The maximum Gasteiger partial charge on any atom is 0.254 e. The molecule has 1 rings (SSSR count). The highest BCUT2D eigenvalue weighted by Crippen LogP contribution is 2.13. The van der Waals surface area contributed by atoms with E-state index in [0.717, 1.165) is 19.3 Å². The second-order valence-corrected chi connectivity index (χ2v) is 4.22. The molecule has 0 fully saturated rings. The van der Waals surface area contributed by atoms with E-state index in [1.54, 1.807) is 0 Å². The summed E-state index contributed by atoms with van der Waals surface area (Å²) in [4.78, 5) is 12.2. The fourth-order valence-electron chi connectivity index (χ4n) is 1.40. The van der Waals surface area contributed by atoms with Gasteiger partial charge in [-0.25, -0.2) is 4.39 Å². The summed E-state index contributed by atoms with van der Waals surface area (Å²) >= 11 is 4.06. The van der Waals surface area contributed by atoms with Crippen molar-refractivity contribution in [2.75, 3.05) is 13.2 Å². The lowest BCUT2D eigenvalue weighted by molar-refractivity contribution is 0.0948. The van der Waals surface area contributed by atoms with Crippen LogP contribution in [0.3, 0.4) is 0 Å². The van der Waals surface area contributed by atoms with Gasteiger partial charge in [-0.3, -0.25) is 4.79 Å². The molecule has 1 amide bonds. The first kappa shape index (κ1) is 14.0. The monoisotopic (exact) mass is 257 g/mol. The van der Waals surface area contributed by atoms with E-state index in [0.29, 0.717) is 11.4 Å². The number of unbranched alkanes of at least 4 members (excludes halogenated alkanes) is 2. The van der Waals surface area contributed by atoms with Gasteiger partial charge in [0.1, 0.15) is 5.82 Å². The summed E-state index contributed by atoms with van der Waals surface area (Å²) in [6.07, 6.45) is 2.33. The van der Waals surface area contributed by atoms with Gasteiger partial charge in [-0.05, 0) is 37.5 Å². The Morgan fingerprint density at radius 3 is 2.82 bits per heavy atom. The molecule has 0 saturated heterocycles. The lowest BCUT2D eigenvalue weighted by atomic mass is 10.2. The maximum absolute atomic E-state index is 13.3. The van der Waals surface area contributed by atoms with E-state index >= 15 is 0 Å². The van der Waals surface area contributed by atoms with Crippen molar-refractivity contribution in [1.29, 1.82) is 0 Å². The molecule has 17 heavy (non-hydrogen) atoms. The number of carbonyl (C=O) groups excluding carboxylic acids is 1. The zero-order valence-electron chi connectivity index (χ0n) is 9.45. The van der Waals surface area contributed by atoms with E-state index in [9.17, 15) is 9.18 Å². The van der Waals surface area contributed by atoms with Crippen LogP contribution in [0.5, 0.6) is 0 Å². The maximum atomic E-state index is 13.3. The number of carbonyl (C=O) groups is 1. The first-order valence-corrected chi connectivity index (χ1v) is 5.97. The minimum absolute atomic E-state index is 0.0136. The standard InChI is InChI=1S/C12H16FNO2S/c13-11-5-4-9(17)8-10(11)12(16)14-6-2-1-3-7-15/h4-5,8,15,17H,1-3,6-7H2,(H,14,16). The lowest BCUT2D eigenvalue weighted by Gasteiger charge is -2.06. The van der Waals surface area contributed by atoms with Gasteiger partial charge in [-0.15, -0.1) is 12.6 Å². The van der Waals surface area contributed by atoms with Crippen LogP contribution >= 0.6 is 12.6 Å². The summed E-state index contributed by atoms with van der Waals surface area (Å²) in [5.74, 6) is -0.974. The summed E-state index contributed by atoms with van der Waals surface area (Å²) in [5, 5.41) is 11.2. The topological polar surface area (TPSA) is 49.3 Å². The van der Waals surface area contributed by atoms with E-state index < -0.39 is 11.7 Å². The van der Waals surface area contributed by atoms with Crippen LogP contribution < -0.4 is 5.32 Å². The molecule has 0 saturated carbocycles. The number of halogens is 1. The fraction of sp³-hybridized carbons (Fsp3) is 0.417. The molecule has 0 bridgehead atoms. The van der Waals surface area contributed by atoms with Crippen LogP contribution in [0.25, 0.3) is 0 Å². The Morgan fingerprint density at radius 2 is 2.12 bits per heavy atom. The first-order valence-electron chi connectivity index (χ1n) is 5.52. The molecule has 3 nitrogen and oxygen atoms in total. The van der Waals surface area contributed by atoms with Crippen LogP contribution in [0.15, 0.2) is 23.1 Å². The molecule has 0 heterocycles. The van der Waals surface area contributed by atoms with Crippen LogP contribution in [-0.2, 0) is 0 Å². The van der Waals surface area contributed by atoms with Crippen molar-refractivity contribution >= 4 is 18.5 Å². The van der Waals surface area contributed by atoms with Crippen LogP contribution in [0.4, 0.5) is 4.39 Å². The minimum Gasteiger partial charge on any atom is -0.396 e. The van der Waals surface area contributed by atoms with Gasteiger partial charge in [0.2, 0.25) is 0 Å². The van der Waals surface area contributed by atoms with Crippen molar-refractivity contribution in [2.45, 2.75) is 24.2 Å². The number of rotatable bonds is 6. The molecular weight excluding hydrogens is 241 g/mol. The third-order valence-corrected chi connectivity index (χ3v) is 2.59. The highest BCUT2D eigenvalue weighted by atomic mass is 32.1. The van der Waals surface area contributed by atoms with E-state index in [1.165, 1.54) is 18.2 Å². The smallest absolute Gasteiger partial charge is 0.254 e. The zero-order chi connectivity index (χ0) is 12.7. The largest absolute Gasteiger partial charge is 0.396 e. The summed E-state index contributed by atoms with van der Waals surface area (Å²) in [6, 6.07) is 4.13. The van der Waals surface area contributed by atoms with Crippen LogP contribution in [-0.4, -0.2) is 24.2 Å². The number of benzene rings is 1. The van der Waals surface area contributed by atoms with E-state index in [4.69, 9.17) is 5.11 Å². The molecule has 0 aliphatic carbocycles. The van der Waals surface area contributed by atoms with Crippen molar-refractivity contribution in [2.24, 2.45) is 0 Å². The lowest BCUT2D eigenvalue weighted by Crippen LogP contribution is -2.25. The molecule has 0 aliphatic rings. The second kappa shape index (κ2) is 7.29. The Balaban J connectivity index is 2.44. The average molecular weight is 257 g/mol. The Morgan fingerprint density at radius 1 is 1.35 bits per heavy atom. The predicted molar refractivity (Wildman–Crippen MR) is 66.9 cm³/mol. The Bertz CT molecular complexity index is 385. The normalized spacial score (nSPS) is 10.3. The van der Waals surface area contributed by atoms with Crippen molar-refractivity contribution in [3.63, 3.8) is 0 Å². The van der Waals surface area contributed by atoms with Crippen molar-refractivity contribution in [3.8, 4) is 0 Å². The highest BCUT2D eigenvalue weighted by molar-refractivity contribution is 7.80. The van der Waals surface area contributed by atoms with E-state index in [1.807, 2.05) is 0 Å². The minimum atomic E-state index is -0.546. The highest BCUT2D eigenvalue weighted by Gasteiger charge is 2.10. The van der Waals surface area contributed by atoms with Crippen molar-refractivity contribution in [1.82, 2.24) is 5.32 Å². The van der Waals surface area contributed by atoms with E-state index in [-0.39, 0.29) is 12.2 Å². The molecule has 0 spiro atoms. The van der Waals surface area contributed by atoms with Gasteiger partial charge >= 0.3 is 0 Å². The second-order valence-electron chi connectivity index (χ2n) is 3.70. The summed E-state index contributed by atoms with van der Waals surface area (Å²) in [6.45, 7) is 0.638. The van der Waals surface area contributed by atoms with Crippen molar-refractivity contribution in [3.05, 3.63) is 29.6 Å². The molecule has 1 aromatic carbocycles. The van der Waals surface area contributed by atoms with Gasteiger partial charge in [0.15, 0.2) is 0 Å². The fourth-order valence-corrected chi connectivity index (χ4v) is 1.60. The SMILES string of the molecule is O=C(NCCCCCO)c1cc(S)ccc1F.